The van der Waals surface area contributed by atoms with Crippen molar-refractivity contribution >= 4 is 10.0 Å². The molecule has 6 nitrogen and oxygen atoms in total. The number of piperidine rings is 1. The molecule has 18 heavy (non-hydrogen) atoms. The van der Waals surface area contributed by atoms with Crippen LogP contribution in [0.5, 0.6) is 0 Å². The molecule has 1 aromatic rings. The molecule has 2 unspecified atom stereocenters. The molecule has 2 atom stereocenters. The first kappa shape index (κ1) is 13.5. The molecule has 2 heterocycles. The van der Waals surface area contributed by atoms with E-state index in [0.717, 1.165) is 19.4 Å². The van der Waals surface area contributed by atoms with E-state index in [1.165, 1.54) is 4.68 Å². The molecule has 1 aliphatic rings. The summed E-state index contributed by atoms with van der Waals surface area (Å²) in [5.41, 5.74) is 0.529. The van der Waals surface area contributed by atoms with Crippen LogP contribution < -0.4 is 10.0 Å². The lowest BCUT2D eigenvalue weighted by Gasteiger charge is -2.30. The second-order valence-corrected chi connectivity index (χ2v) is 6.55. The van der Waals surface area contributed by atoms with Crippen molar-refractivity contribution in [3.05, 3.63) is 11.9 Å². The first-order valence-corrected chi connectivity index (χ1v) is 7.64. The van der Waals surface area contributed by atoms with Crippen LogP contribution in [0.15, 0.2) is 11.1 Å². The summed E-state index contributed by atoms with van der Waals surface area (Å²) in [6, 6.07) is 0.105. The minimum atomic E-state index is -3.48. The molecule has 0 amide bonds. The fourth-order valence-corrected chi connectivity index (χ4v) is 3.88. The highest BCUT2D eigenvalue weighted by Gasteiger charge is 2.28. The fraction of sp³-hybridized carbons (Fsp3) is 0.727. The topological polar surface area (TPSA) is 76.0 Å². The summed E-state index contributed by atoms with van der Waals surface area (Å²) in [6.45, 7) is 4.66. The van der Waals surface area contributed by atoms with Gasteiger partial charge in [-0.05, 0) is 33.2 Å². The van der Waals surface area contributed by atoms with E-state index in [0.29, 0.717) is 5.69 Å². The molecule has 0 spiro atoms. The molecule has 0 radical (unpaired) electrons. The molecule has 1 aromatic heterocycles. The Labute approximate surface area is 108 Å². The van der Waals surface area contributed by atoms with Crippen LogP contribution >= 0.6 is 0 Å². The van der Waals surface area contributed by atoms with Gasteiger partial charge in [0.25, 0.3) is 0 Å². The van der Waals surface area contributed by atoms with Gasteiger partial charge >= 0.3 is 0 Å². The van der Waals surface area contributed by atoms with Gasteiger partial charge in [0.1, 0.15) is 4.90 Å². The van der Waals surface area contributed by atoms with E-state index in [-0.39, 0.29) is 17.0 Å². The average molecular weight is 272 g/mol. The van der Waals surface area contributed by atoms with Gasteiger partial charge in [-0.15, -0.1) is 0 Å². The highest BCUT2D eigenvalue weighted by molar-refractivity contribution is 7.89. The van der Waals surface area contributed by atoms with E-state index in [4.69, 9.17) is 0 Å². The first-order chi connectivity index (χ1) is 8.40. The second-order valence-electron chi connectivity index (χ2n) is 4.87. The van der Waals surface area contributed by atoms with Gasteiger partial charge in [0.2, 0.25) is 10.0 Å². The Morgan fingerprint density at radius 1 is 1.56 bits per heavy atom. The number of sulfonamides is 1. The number of nitrogens with zero attached hydrogens (tertiary/aromatic N) is 2. The van der Waals surface area contributed by atoms with Gasteiger partial charge in [0.05, 0.1) is 5.69 Å². The minimum absolute atomic E-state index is 0.0524. The van der Waals surface area contributed by atoms with Gasteiger partial charge in [-0.2, -0.15) is 5.10 Å². The van der Waals surface area contributed by atoms with Crippen LogP contribution in [0.1, 0.15) is 25.5 Å². The number of hydrogen-bond donors (Lipinski definition) is 2. The number of aromatic nitrogens is 2. The van der Waals surface area contributed by atoms with Crippen molar-refractivity contribution < 1.29 is 8.42 Å². The highest BCUT2D eigenvalue weighted by Crippen LogP contribution is 2.16. The lowest BCUT2D eigenvalue weighted by Crippen LogP contribution is -2.51. The maximum absolute atomic E-state index is 12.3. The van der Waals surface area contributed by atoms with E-state index < -0.39 is 10.0 Å². The largest absolute Gasteiger partial charge is 0.313 e. The van der Waals surface area contributed by atoms with Crippen LogP contribution in [0.4, 0.5) is 0 Å². The lowest BCUT2D eigenvalue weighted by molar-refractivity contribution is 0.348. The monoisotopic (exact) mass is 272 g/mol. The summed E-state index contributed by atoms with van der Waals surface area (Å²) < 4.78 is 28.9. The normalized spacial score (nSPS) is 25.3. The minimum Gasteiger partial charge on any atom is -0.313 e. The number of rotatable bonds is 3. The Morgan fingerprint density at radius 3 is 2.83 bits per heavy atom. The zero-order chi connectivity index (χ0) is 13.3. The van der Waals surface area contributed by atoms with Crippen molar-refractivity contribution in [3.63, 3.8) is 0 Å². The van der Waals surface area contributed by atoms with E-state index in [9.17, 15) is 8.42 Å². The van der Waals surface area contributed by atoms with Gasteiger partial charge in [0, 0.05) is 25.3 Å². The van der Waals surface area contributed by atoms with Crippen molar-refractivity contribution in [3.8, 4) is 0 Å². The third kappa shape index (κ3) is 2.73. The number of aryl methyl sites for hydroxylation is 2. The molecule has 0 aliphatic carbocycles. The average Bonchev–Trinajstić information content (AvgIpc) is 2.62. The molecule has 1 saturated heterocycles. The molecule has 7 heteroatoms. The van der Waals surface area contributed by atoms with Gasteiger partial charge in [-0.1, -0.05) is 0 Å². The van der Waals surface area contributed by atoms with Crippen LogP contribution in [-0.4, -0.2) is 36.8 Å². The summed E-state index contributed by atoms with van der Waals surface area (Å²) in [5, 5.41) is 7.35. The summed E-state index contributed by atoms with van der Waals surface area (Å²) in [6.07, 6.45) is 3.40. The molecule has 2 N–H and O–H groups in total. The maximum atomic E-state index is 12.3. The Bertz CT molecular complexity index is 523. The second kappa shape index (κ2) is 4.99. The van der Waals surface area contributed by atoms with E-state index in [1.807, 2.05) is 6.92 Å². The SMILES string of the molecule is Cc1nn(C)cc1S(=O)(=O)NC1CCCNC1C. The van der Waals surface area contributed by atoms with Gasteiger partial charge in [0.15, 0.2) is 0 Å². The fourth-order valence-electron chi connectivity index (χ4n) is 2.31. The quantitative estimate of drug-likeness (QED) is 0.821. The van der Waals surface area contributed by atoms with E-state index in [1.54, 1.807) is 20.2 Å². The van der Waals surface area contributed by atoms with Gasteiger partial charge < -0.3 is 5.32 Å². The van der Waals surface area contributed by atoms with Crippen molar-refractivity contribution in [2.75, 3.05) is 6.54 Å². The van der Waals surface area contributed by atoms with Gasteiger partial charge in [-0.25, -0.2) is 13.1 Å². The Balaban J connectivity index is 2.19. The molecule has 0 aromatic carbocycles. The van der Waals surface area contributed by atoms with Crippen molar-refractivity contribution in [2.24, 2.45) is 7.05 Å². The molecule has 1 aliphatic heterocycles. The van der Waals surface area contributed by atoms with Crippen LogP contribution in [0.3, 0.4) is 0 Å². The van der Waals surface area contributed by atoms with E-state index in [2.05, 4.69) is 15.1 Å². The summed E-state index contributed by atoms with van der Waals surface area (Å²) in [7, 11) is -1.76. The molecule has 0 bridgehead atoms. The van der Waals surface area contributed by atoms with Crippen molar-refractivity contribution in [1.82, 2.24) is 19.8 Å². The number of nitrogens with one attached hydrogen (secondary N) is 2. The molecule has 1 fully saturated rings. The third-order valence-corrected chi connectivity index (χ3v) is 4.92. The van der Waals surface area contributed by atoms with Crippen LogP contribution in [-0.2, 0) is 17.1 Å². The van der Waals surface area contributed by atoms with E-state index >= 15 is 0 Å². The summed E-state index contributed by atoms with van der Waals surface area (Å²) >= 11 is 0. The molecular weight excluding hydrogens is 252 g/mol. The molecular formula is C11H20N4O2S. The Hall–Kier alpha value is -0.920. The Morgan fingerprint density at radius 2 is 2.28 bits per heavy atom. The maximum Gasteiger partial charge on any atom is 0.244 e. The first-order valence-electron chi connectivity index (χ1n) is 6.16. The van der Waals surface area contributed by atoms with Crippen molar-refractivity contribution in [1.29, 1.82) is 0 Å². The van der Waals surface area contributed by atoms with Crippen molar-refractivity contribution in [2.45, 2.75) is 43.7 Å². The lowest BCUT2D eigenvalue weighted by atomic mass is 10.0. The predicted molar refractivity (Wildman–Crippen MR) is 68.8 cm³/mol. The van der Waals surface area contributed by atoms with Crippen LogP contribution in [0.25, 0.3) is 0 Å². The zero-order valence-corrected chi connectivity index (χ0v) is 11.8. The molecule has 102 valence electrons. The van der Waals surface area contributed by atoms with Crippen LogP contribution in [0, 0.1) is 6.92 Å². The molecule has 0 saturated carbocycles. The van der Waals surface area contributed by atoms with Gasteiger partial charge in [-0.3, -0.25) is 4.68 Å². The number of hydrogen-bond acceptors (Lipinski definition) is 4. The zero-order valence-electron chi connectivity index (χ0n) is 11.0. The summed E-state index contributed by atoms with van der Waals surface area (Å²) in [4.78, 5) is 0.266. The predicted octanol–water partition coefficient (Wildman–Crippen LogP) is 0.147. The van der Waals surface area contributed by atoms with Crippen LogP contribution in [0.2, 0.25) is 0 Å². The summed E-state index contributed by atoms with van der Waals surface area (Å²) in [5.74, 6) is 0. The smallest absolute Gasteiger partial charge is 0.244 e. The molecule has 2 rings (SSSR count). The Kier molecular flexibility index (Phi) is 3.74. The standard InChI is InChI=1S/C11H20N4O2S/c1-8-10(5-4-6-12-8)14-18(16,17)11-7-15(3)13-9(11)2/h7-8,10,12,14H,4-6H2,1-3H3. The third-order valence-electron chi connectivity index (χ3n) is 3.33. The highest BCUT2D eigenvalue weighted by atomic mass is 32.2.